The Hall–Kier alpha value is -3.15. The summed E-state index contributed by atoms with van der Waals surface area (Å²) >= 11 is 0. The number of allylic oxidation sites excluding steroid dienone is 12. The summed E-state index contributed by atoms with van der Waals surface area (Å²) in [6.07, 6.45) is 61.8. The highest BCUT2D eigenvalue weighted by molar-refractivity contribution is 5.71. The van der Waals surface area contributed by atoms with E-state index in [0.29, 0.717) is 19.3 Å². The van der Waals surface area contributed by atoms with E-state index in [1.165, 1.54) is 103 Å². The van der Waals surface area contributed by atoms with Gasteiger partial charge in [-0.05, 0) is 103 Å². The SMILES string of the molecule is CC/C=C\C/C=C\C/C=C\CCCCC(=O)OCC(COC(=O)CCCCCCCCC/C=C\CCCCCCCC)OC(=O)CCCCCCCCC/C=C\C/C=C\CC. The lowest BCUT2D eigenvalue weighted by Gasteiger charge is -2.18. The molecule has 0 saturated heterocycles. The third kappa shape index (κ3) is 47.7. The molecule has 1 unspecified atom stereocenters. The van der Waals surface area contributed by atoms with Gasteiger partial charge in [0.05, 0.1) is 0 Å². The van der Waals surface area contributed by atoms with E-state index in [9.17, 15) is 14.4 Å². The van der Waals surface area contributed by atoms with E-state index in [4.69, 9.17) is 14.2 Å². The number of rotatable bonds is 45. The number of unbranched alkanes of at least 4 members (excludes halogenated alkanes) is 22. The second-order valence-electron chi connectivity index (χ2n) is 16.7. The highest BCUT2D eigenvalue weighted by Crippen LogP contribution is 2.14. The van der Waals surface area contributed by atoms with Crippen LogP contribution < -0.4 is 0 Å². The second-order valence-corrected chi connectivity index (χ2v) is 16.7. The minimum atomic E-state index is -0.795. The van der Waals surface area contributed by atoms with Crippen LogP contribution in [0.4, 0.5) is 0 Å². The zero-order valence-corrected chi connectivity index (χ0v) is 39.9. The Kier molecular flexibility index (Phi) is 46.9. The minimum Gasteiger partial charge on any atom is -0.462 e. The number of hydrogen-bond acceptors (Lipinski definition) is 6. The van der Waals surface area contributed by atoms with Gasteiger partial charge in [-0.2, -0.15) is 0 Å². The van der Waals surface area contributed by atoms with Gasteiger partial charge < -0.3 is 14.2 Å². The van der Waals surface area contributed by atoms with Crippen LogP contribution in [0.15, 0.2) is 72.9 Å². The number of hydrogen-bond donors (Lipinski definition) is 0. The summed E-state index contributed by atoms with van der Waals surface area (Å²) in [6, 6.07) is 0. The molecule has 0 N–H and O–H groups in total. The summed E-state index contributed by atoms with van der Waals surface area (Å²) in [5, 5.41) is 0. The Morgan fingerprint density at radius 3 is 1.05 bits per heavy atom. The van der Waals surface area contributed by atoms with Crippen molar-refractivity contribution in [2.75, 3.05) is 13.2 Å². The molecular formula is C55H94O6. The van der Waals surface area contributed by atoms with Gasteiger partial charge in [-0.3, -0.25) is 14.4 Å². The van der Waals surface area contributed by atoms with Crippen LogP contribution in [-0.2, 0) is 28.6 Å². The summed E-state index contributed by atoms with van der Waals surface area (Å²) in [7, 11) is 0. The molecule has 0 aromatic heterocycles. The maximum absolute atomic E-state index is 12.8. The Morgan fingerprint density at radius 1 is 0.344 bits per heavy atom. The fourth-order valence-electron chi connectivity index (χ4n) is 6.90. The van der Waals surface area contributed by atoms with Gasteiger partial charge in [0.1, 0.15) is 13.2 Å². The van der Waals surface area contributed by atoms with Crippen LogP contribution in [0.25, 0.3) is 0 Å². The van der Waals surface area contributed by atoms with Gasteiger partial charge in [-0.1, -0.05) is 190 Å². The van der Waals surface area contributed by atoms with Crippen molar-refractivity contribution in [3.63, 3.8) is 0 Å². The van der Waals surface area contributed by atoms with E-state index < -0.39 is 6.10 Å². The fourth-order valence-corrected chi connectivity index (χ4v) is 6.90. The second kappa shape index (κ2) is 49.5. The average Bonchev–Trinajstić information content (AvgIpc) is 3.26. The molecule has 0 aliphatic heterocycles. The monoisotopic (exact) mass is 851 g/mol. The number of carbonyl (C=O) groups excluding carboxylic acids is 3. The predicted octanol–water partition coefficient (Wildman–Crippen LogP) is 16.6. The molecule has 0 saturated carbocycles. The van der Waals surface area contributed by atoms with Crippen molar-refractivity contribution in [3.8, 4) is 0 Å². The van der Waals surface area contributed by atoms with Gasteiger partial charge >= 0.3 is 17.9 Å². The van der Waals surface area contributed by atoms with Gasteiger partial charge in [-0.15, -0.1) is 0 Å². The lowest BCUT2D eigenvalue weighted by molar-refractivity contribution is -0.167. The van der Waals surface area contributed by atoms with Crippen molar-refractivity contribution in [2.45, 2.75) is 245 Å². The van der Waals surface area contributed by atoms with Crippen LogP contribution in [0.5, 0.6) is 0 Å². The van der Waals surface area contributed by atoms with E-state index in [1.807, 2.05) is 0 Å². The van der Waals surface area contributed by atoms with Crippen LogP contribution in [0, 0.1) is 0 Å². The molecule has 0 amide bonds. The maximum Gasteiger partial charge on any atom is 0.306 e. The largest absolute Gasteiger partial charge is 0.462 e. The molecule has 61 heavy (non-hydrogen) atoms. The molecule has 1 atom stereocenters. The van der Waals surface area contributed by atoms with Gasteiger partial charge in [0.15, 0.2) is 6.10 Å². The van der Waals surface area contributed by atoms with Gasteiger partial charge in [-0.25, -0.2) is 0 Å². The van der Waals surface area contributed by atoms with Crippen LogP contribution in [0.2, 0.25) is 0 Å². The predicted molar refractivity (Wildman–Crippen MR) is 261 cm³/mol. The highest BCUT2D eigenvalue weighted by Gasteiger charge is 2.19. The Bertz CT molecular complexity index is 1160. The first-order valence-electron chi connectivity index (χ1n) is 25.4. The van der Waals surface area contributed by atoms with Crippen molar-refractivity contribution in [3.05, 3.63) is 72.9 Å². The van der Waals surface area contributed by atoms with E-state index >= 15 is 0 Å². The van der Waals surface area contributed by atoms with Gasteiger partial charge in [0.25, 0.3) is 0 Å². The van der Waals surface area contributed by atoms with E-state index in [-0.39, 0.29) is 31.1 Å². The van der Waals surface area contributed by atoms with E-state index in [0.717, 1.165) is 96.3 Å². The van der Waals surface area contributed by atoms with Crippen LogP contribution in [0.3, 0.4) is 0 Å². The van der Waals surface area contributed by atoms with Crippen LogP contribution >= 0.6 is 0 Å². The first-order chi connectivity index (χ1) is 30.0. The lowest BCUT2D eigenvalue weighted by Crippen LogP contribution is -2.30. The smallest absolute Gasteiger partial charge is 0.306 e. The standard InChI is InChI=1S/C55H94O6/c1-4-7-10-13-16-19-22-25-27-28-29-31-33-36-39-42-45-48-54(57)60-51-52(50-59-53(56)47-44-41-38-35-32-24-21-18-15-12-9-6-3)61-55(58)49-46-43-40-37-34-30-26-23-20-17-14-11-8-5-2/h8-9,11-12,17-18,20-21,25,27,32,35,52H,4-7,10,13-16,19,22-24,26,28-31,33-34,36-51H2,1-3H3/b11-8-,12-9-,20-17-,21-18-,27-25-,35-32-. The summed E-state index contributed by atoms with van der Waals surface area (Å²) in [4.78, 5) is 37.9. The minimum absolute atomic E-state index is 0.0932. The third-order valence-electron chi connectivity index (χ3n) is 10.7. The normalized spacial score (nSPS) is 12.6. The summed E-state index contributed by atoms with van der Waals surface area (Å²) < 4.78 is 16.7. The molecule has 0 heterocycles. The molecule has 6 heteroatoms. The quantitative estimate of drug-likeness (QED) is 0.0263. The summed E-state index contributed by atoms with van der Waals surface area (Å²) in [6.45, 7) is 6.37. The van der Waals surface area contributed by atoms with Gasteiger partial charge in [0.2, 0.25) is 0 Å². The first kappa shape index (κ1) is 57.9. The molecule has 350 valence electrons. The maximum atomic E-state index is 12.8. The topological polar surface area (TPSA) is 78.9 Å². The molecule has 0 bridgehead atoms. The zero-order valence-electron chi connectivity index (χ0n) is 39.9. The Balaban J connectivity index is 4.41. The van der Waals surface area contributed by atoms with Crippen molar-refractivity contribution in [2.24, 2.45) is 0 Å². The molecule has 0 radical (unpaired) electrons. The molecule has 0 fully saturated rings. The molecule has 0 aromatic carbocycles. The first-order valence-corrected chi connectivity index (χ1v) is 25.4. The molecule has 0 spiro atoms. The third-order valence-corrected chi connectivity index (χ3v) is 10.7. The number of carbonyl (C=O) groups is 3. The molecule has 0 aliphatic carbocycles. The molecule has 0 aliphatic rings. The van der Waals surface area contributed by atoms with Gasteiger partial charge in [0, 0.05) is 19.3 Å². The summed E-state index contributed by atoms with van der Waals surface area (Å²) in [5.41, 5.74) is 0. The van der Waals surface area contributed by atoms with Crippen molar-refractivity contribution >= 4 is 17.9 Å². The Morgan fingerprint density at radius 2 is 0.639 bits per heavy atom. The molecule has 0 rings (SSSR count). The van der Waals surface area contributed by atoms with Crippen LogP contribution in [-0.4, -0.2) is 37.2 Å². The van der Waals surface area contributed by atoms with Crippen molar-refractivity contribution in [1.29, 1.82) is 0 Å². The summed E-state index contributed by atoms with van der Waals surface area (Å²) in [5.74, 6) is -0.947. The van der Waals surface area contributed by atoms with Crippen molar-refractivity contribution < 1.29 is 28.6 Å². The molecular weight excluding hydrogens is 757 g/mol. The fraction of sp³-hybridized carbons (Fsp3) is 0.727. The zero-order chi connectivity index (χ0) is 44.4. The van der Waals surface area contributed by atoms with Crippen molar-refractivity contribution in [1.82, 2.24) is 0 Å². The highest BCUT2D eigenvalue weighted by atomic mass is 16.6. The lowest BCUT2D eigenvalue weighted by atomic mass is 10.1. The molecule has 0 aromatic rings. The van der Waals surface area contributed by atoms with E-state index in [1.54, 1.807) is 0 Å². The molecule has 6 nitrogen and oxygen atoms in total. The number of ether oxygens (including phenoxy) is 3. The number of esters is 3. The Labute approximate surface area is 376 Å². The average molecular weight is 851 g/mol. The van der Waals surface area contributed by atoms with Crippen LogP contribution in [0.1, 0.15) is 239 Å². The van der Waals surface area contributed by atoms with E-state index in [2.05, 4.69) is 93.7 Å².